The van der Waals surface area contributed by atoms with Crippen LogP contribution in [0, 0.1) is 0 Å². The number of rotatable bonds is 9. The lowest BCUT2D eigenvalue weighted by Crippen LogP contribution is -2.60. The van der Waals surface area contributed by atoms with Gasteiger partial charge < -0.3 is 50.7 Å². The van der Waals surface area contributed by atoms with E-state index in [1.807, 2.05) is 0 Å². The molecule has 1 saturated heterocycles. The van der Waals surface area contributed by atoms with Crippen LogP contribution < -0.4 is 15.4 Å². The van der Waals surface area contributed by atoms with E-state index >= 15 is 0 Å². The highest BCUT2D eigenvalue weighted by Crippen LogP contribution is 2.49. The van der Waals surface area contributed by atoms with Gasteiger partial charge in [0.1, 0.15) is 31.1 Å². The molecule has 6 atom stereocenters. The Balaban J connectivity index is 1.42. The average Bonchev–Trinajstić information content (AvgIpc) is 3.56. The number of amidine groups is 1. The van der Waals surface area contributed by atoms with E-state index in [0.717, 1.165) is 0 Å². The summed E-state index contributed by atoms with van der Waals surface area (Å²) in [6.07, 6.45) is -8.19. The number of amides is 1. The minimum atomic E-state index is -1.89. The Kier molecular flexibility index (Phi) is 8.96. The highest BCUT2D eigenvalue weighted by molar-refractivity contribution is 6.72. The fraction of sp³-hybridized carbons (Fsp3) is 0.314. The minimum Gasteiger partial charge on any atom is -0.504 e. The molecule has 0 unspecified atom stereocenters. The molecule has 0 radical (unpaired) electrons. The van der Waals surface area contributed by atoms with Gasteiger partial charge in [0.15, 0.2) is 34.6 Å². The summed E-state index contributed by atoms with van der Waals surface area (Å²) in [5.74, 6) is -3.96. The molecule has 0 bridgehead atoms. The summed E-state index contributed by atoms with van der Waals surface area (Å²) in [5, 5.41) is 63.6. The summed E-state index contributed by atoms with van der Waals surface area (Å²) in [4.78, 5) is 54.3. The fourth-order valence-corrected chi connectivity index (χ4v) is 6.87. The van der Waals surface area contributed by atoms with Crippen molar-refractivity contribution in [1.82, 2.24) is 0 Å². The molecule has 4 aliphatic rings. The third kappa shape index (κ3) is 5.67. The Bertz CT molecular complexity index is 2040. The number of anilines is 1. The third-order valence-corrected chi connectivity index (χ3v) is 9.36. The standard InChI is InChI=1S/C35H33N5O11/c36-35-38-32-24(33(49)39-35)37-14-40(32)21-10-4-3-6-16(21)15(9-5-11-41)19-12-20-23(26(44)18-8-2-1-7-17(18)25(20)43)28(46)31(19)51-34-30(48)29(47)27(45)22(13-42)50-34/h1-4,6-8,10,12,15,22,27,29-30,34,41-42,45-48H,5,9,11,13-14H2,(H2,36,39,49)/t15-,22-,27-,29+,30-,34+/m0/s1. The van der Waals surface area contributed by atoms with E-state index in [9.17, 15) is 45.0 Å². The molecule has 7 rings (SSSR count). The molecule has 3 aromatic carbocycles. The maximum Gasteiger partial charge on any atom is 0.302 e. The summed E-state index contributed by atoms with van der Waals surface area (Å²) in [6, 6.07) is 14.5. The van der Waals surface area contributed by atoms with Gasteiger partial charge in [-0.05, 0) is 30.5 Å². The molecule has 1 fully saturated rings. The van der Waals surface area contributed by atoms with E-state index in [1.54, 1.807) is 41.3 Å². The number of carbonyl (C=O) groups excluding carboxylic acids is 3. The Morgan fingerprint density at radius 3 is 2.33 bits per heavy atom. The zero-order chi connectivity index (χ0) is 36.1. The number of hydrogen-bond donors (Lipinski definition) is 7. The third-order valence-electron chi connectivity index (χ3n) is 9.36. The van der Waals surface area contributed by atoms with Gasteiger partial charge in [-0.1, -0.05) is 42.5 Å². The maximum absolute atomic E-state index is 13.9. The van der Waals surface area contributed by atoms with Crippen molar-refractivity contribution in [3.8, 4) is 11.5 Å². The second-order valence-corrected chi connectivity index (χ2v) is 12.3. The summed E-state index contributed by atoms with van der Waals surface area (Å²) in [7, 11) is 0. The molecule has 3 aromatic rings. The number of aliphatic hydroxyl groups excluding tert-OH is 5. The highest BCUT2D eigenvalue weighted by atomic mass is 16.7. The van der Waals surface area contributed by atoms with Crippen LogP contribution in [0.5, 0.6) is 11.5 Å². The van der Waals surface area contributed by atoms with Gasteiger partial charge >= 0.3 is 5.91 Å². The number of benzene rings is 3. The number of ether oxygens (including phenoxy) is 2. The molecule has 1 amide bonds. The molecule has 16 nitrogen and oxygen atoms in total. The van der Waals surface area contributed by atoms with Crippen LogP contribution in [0.1, 0.15) is 61.7 Å². The number of aromatic hydroxyl groups is 1. The number of nitrogens with two attached hydrogens (primary N) is 1. The van der Waals surface area contributed by atoms with Gasteiger partial charge in [-0.25, -0.2) is 0 Å². The topological polar surface area (TPSA) is 257 Å². The molecule has 264 valence electrons. The van der Waals surface area contributed by atoms with Crippen molar-refractivity contribution >= 4 is 40.7 Å². The number of fused-ring (bicyclic) bond motifs is 3. The number of aliphatic imine (C=N–C) groups is 3. The van der Waals surface area contributed by atoms with Crippen LogP contribution in [-0.2, 0) is 9.53 Å². The van der Waals surface area contributed by atoms with E-state index < -0.39 is 72.2 Å². The van der Waals surface area contributed by atoms with Crippen molar-refractivity contribution in [1.29, 1.82) is 0 Å². The van der Waals surface area contributed by atoms with E-state index in [1.165, 1.54) is 18.2 Å². The van der Waals surface area contributed by atoms with Crippen molar-refractivity contribution in [3.63, 3.8) is 0 Å². The number of phenolic OH excluding ortho intramolecular Hbond substituents is 1. The van der Waals surface area contributed by atoms with Crippen LogP contribution in [0.25, 0.3) is 0 Å². The molecule has 3 heterocycles. The molecule has 8 N–H and O–H groups in total. The summed E-state index contributed by atoms with van der Waals surface area (Å²) in [5.41, 5.74) is 6.66. The largest absolute Gasteiger partial charge is 0.504 e. The summed E-state index contributed by atoms with van der Waals surface area (Å²) < 4.78 is 11.7. The number of ketones is 2. The molecular weight excluding hydrogens is 666 g/mol. The maximum atomic E-state index is 13.9. The number of carbonyl (C=O) groups is 3. The van der Waals surface area contributed by atoms with E-state index in [2.05, 4.69) is 15.0 Å². The van der Waals surface area contributed by atoms with Gasteiger partial charge in [-0.15, -0.1) is 0 Å². The van der Waals surface area contributed by atoms with E-state index in [-0.39, 0.29) is 71.4 Å². The summed E-state index contributed by atoms with van der Waals surface area (Å²) in [6.45, 7) is -1.04. The smallest absolute Gasteiger partial charge is 0.302 e. The van der Waals surface area contributed by atoms with Crippen LogP contribution in [0.3, 0.4) is 0 Å². The monoisotopic (exact) mass is 699 g/mol. The van der Waals surface area contributed by atoms with Crippen molar-refractivity contribution in [3.05, 3.63) is 88.0 Å². The first kappa shape index (κ1) is 34.1. The number of aliphatic hydroxyl groups is 5. The Morgan fingerprint density at radius 1 is 0.902 bits per heavy atom. The normalized spacial score (nSPS) is 24.6. The molecular formula is C35H33N5O11. The molecule has 3 aliphatic heterocycles. The quantitative estimate of drug-likeness (QED) is 0.119. The van der Waals surface area contributed by atoms with Crippen LogP contribution in [-0.4, -0.2) is 116 Å². The van der Waals surface area contributed by atoms with Crippen LogP contribution in [0.4, 0.5) is 5.69 Å². The van der Waals surface area contributed by atoms with Crippen molar-refractivity contribution < 1.29 is 54.5 Å². The lowest BCUT2D eigenvalue weighted by molar-refractivity contribution is -0.277. The lowest BCUT2D eigenvalue weighted by Gasteiger charge is -2.40. The molecule has 16 heteroatoms. The van der Waals surface area contributed by atoms with Crippen LogP contribution >= 0.6 is 0 Å². The average molecular weight is 700 g/mol. The Hall–Kier alpha value is -5.36. The first-order chi connectivity index (χ1) is 24.5. The van der Waals surface area contributed by atoms with Gasteiger partial charge in [0.05, 0.1) is 12.2 Å². The predicted octanol–water partition coefficient (Wildman–Crippen LogP) is -0.277. The second-order valence-electron chi connectivity index (χ2n) is 12.3. The SMILES string of the molecule is NC1=NC(=O)C2=NCN(c3ccccc3[C@H](CCCO)c3cc4c(c(O)c3O[C@H]3O[C@@H](CO)[C@H](O)[C@@H](O)[C@@H]3O)C(=O)c3ccccc3C4=O)C2=N1. The second kappa shape index (κ2) is 13.4. The Labute approximate surface area is 289 Å². The number of para-hydroxylation sites is 1. The van der Waals surface area contributed by atoms with Gasteiger partial charge in [0.2, 0.25) is 12.2 Å². The molecule has 0 aromatic heterocycles. The van der Waals surface area contributed by atoms with Crippen molar-refractivity contribution in [2.45, 2.75) is 49.5 Å². The molecule has 1 aliphatic carbocycles. The first-order valence-corrected chi connectivity index (χ1v) is 16.1. The zero-order valence-electron chi connectivity index (χ0n) is 26.8. The number of guanidine groups is 1. The van der Waals surface area contributed by atoms with Crippen LogP contribution in [0.2, 0.25) is 0 Å². The lowest BCUT2D eigenvalue weighted by atomic mass is 9.78. The van der Waals surface area contributed by atoms with Crippen molar-refractivity contribution in [2.75, 3.05) is 24.8 Å². The highest BCUT2D eigenvalue weighted by Gasteiger charge is 2.46. The predicted molar refractivity (Wildman–Crippen MR) is 179 cm³/mol. The zero-order valence-corrected chi connectivity index (χ0v) is 26.8. The summed E-state index contributed by atoms with van der Waals surface area (Å²) >= 11 is 0. The van der Waals surface area contributed by atoms with Gasteiger partial charge in [-0.2, -0.15) is 9.98 Å². The molecule has 0 spiro atoms. The number of phenols is 1. The van der Waals surface area contributed by atoms with Gasteiger partial charge in [0, 0.05) is 40.5 Å². The van der Waals surface area contributed by atoms with Crippen LogP contribution in [0.15, 0.2) is 69.6 Å². The van der Waals surface area contributed by atoms with E-state index in [0.29, 0.717) is 11.3 Å². The van der Waals surface area contributed by atoms with E-state index in [4.69, 9.17) is 15.2 Å². The van der Waals surface area contributed by atoms with Gasteiger partial charge in [-0.3, -0.25) is 19.4 Å². The molecule has 51 heavy (non-hydrogen) atoms. The number of nitrogens with zero attached hydrogens (tertiary/aromatic N) is 4. The number of hydrogen-bond acceptors (Lipinski definition) is 15. The van der Waals surface area contributed by atoms with Crippen molar-refractivity contribution in [2.24, 2.45) is 20.7 Å². The fourth-order valence-electron chi connectivity index (χ4n) is 6.87. The van der Waals surface area contributed by atoms with Gasteiger partial charge in [0.25, 0.3) is 0 Å². The molecule has 0 saturated carbocycles. The Morgan fingerprint density at radius 2 is 1.61 bits per heavy atom. The minimum absolute atomic E-state index is 0.00625. The first-order valence-electron chi connectivity index (χ1n) is 16.1.